The molecule has 162 valence electrons. The maximum atomic E-state index is 12.9. The molecule has 1 fully saturated rings. The summed E-state index contributed by atoms with van der Waals surface area (Å²) in [5.41, 5.74) is -0.566. The van der Waals surface area contributed by atoms with Crippen molar-refractivity contribution in [3.8, 4) is 0 Å². The Morgan fingerprint density at radius 1 is 1.31 bits per heavy atom. The van der Waals surface area contributed by atoms with Crippen LogP contribution in [0.1, 0.15) is 59.7 Å². The van der Waals surface area contributed by atoms with Gasteiger partial charge in [-0.05, 0) is 60.1 Å². The molecule has 0 spiro atoms. The van der Waals surface area contributed by atoms with Crippen LogP contribution in [-0.2, 0) is 24.1 Å². The first kappa shape index (κ1) is 23.1. The van der Waals surface area contributed by atoms with Crippen molar-refractivity contribution in [3.05, 3.63) is 24.0 Å². The predicted octanol–water partition coefficient (Wildman–Crippen LogP) is 3.12. The van der Waals surface area contributed by atoms with Gasteiger partial charge in [0.15, 0.2) is 9.84 Å². The minimum atomic E-state index is -3.68. The smallest absolute Gasteiger partial charge is 0.410 e. The number of hydrogen-bond acceptors (Lipinski definition) is 7. The van der Waals surface area contributed by atoms with E-state index in [1.165, 1.54) is 23.2 Å². The van der Waals surface area contributed by atoms with Crippen LogP contribution < -0.4 is 0 Å². The van der Waals surface area contributed by atoms with Crippen LogP contribution in [0.4, 0.5) is 4.79 Å². The Morgan fingerprint density at radius 2 is 1.97 bits per heavy atom. The third-order valence-electron chi connectivity index (χ3n) is 4.62. The second kappa shape index (κ2) is 8.69. The molecule has 1 amide bonds. The number of aromatic nitrogens is 1. The number of nitrogens with zero attached hydrogens (tertiary/aromatic N) is 2. The number of amides is 1. The Balaban J connectivity index is 2.58. The maximum Gasteiger partial charge on any atom is 0.410 e. The molecule has 0 bridgehead atoms. The van der Waals surface area contributed by atoms with Crippen molar-refractivity contribution in [2.24, 2.45) is 5.92 Å². The second-order valence-electron chi connectivity index (χ2n) is 8.25. The van der Waals surface area contributed by atoms with E-state index >= 15 is 0 Å². The van der Waals surface area contributed by atoms with E-state index in [9.17, 15) is 18.0 Å². The van der Waals surface area contributed by atoms with E-state index in [1.54, 1.807) is 41.5 Å². The van der Waals surface area contributed by atoms with Crippen LogP contribution >= 0.6 is 0 Å². The summed E-state index contributed by atoms with van der Waals surface area (Å²) in [5.74, 6) is -1.21. The Hall–Kier alpha value is -2.16. The predicted molar refractivity (Wildman–Crippen MR) is 107 cm³/mol. The zero-order valence-corrected chi connectivity index (χ0v) is 18.7. The molecular formula is C20H30N2O6S. The van der Waals surface area contributed by atoms with Crippen molar-refractivity contribution in [1.29, 1.82) is 0 Å². The third kappa shape index (κ3) is 5.07. The zero-order chi connectivity index (χ0) is 22.0. The molecule has 9 heteroatoms. The molecule has 1 aromatic rings. The summed E-state index contributed by atoms with van der Waals surface area (Å²) < 4.78 is 36.5. The van der Waals surface area contributed by atoms with Crippen LogP contribution in [0.5, 0.6) is 0 Å². The van der Waals surface area contributed by atoms with Gasteiger partial charge in [-0.3, -0.25) is 14.7 Å². The lowest BCUT2D eigenvalue weighted by Crippen LogP contribution is -2.39. The van der Waals surface area contributed by atoms with Crippen molar-refractivity contribution < 1.29 is 27.5 Å². The monoisotopic (exact) mass is 426 g/mol. The molecule has 0 radical (unpaired) electrons. The van der Waals surface area contributed by atoms with Crippen LogP contribution in [0.3, 0.4) is 0 Å². The SMILES string of the molecule is CCOC(=O)[C@@H]1CCN(C(=O)OC(C)(C)C)[C@H]1c1ncccc1S(=O)(=O)C(C)C. The van der Waals surface area contributed by atoms with Crippen molar-refractivity contribution in [2.45, 2.75) is 69.8 Å². The molecule has 8 nitrogen and oxygen atoms in total. The highest BCUT2D eigenvalue weighted by Crippen LogP contribution is 2.41. The van der Waals surface area contributed by atoms with Gasteiger partial charge in [0.1, 0.15) is 5.60 Å². The van der Waals surface area contributed by atoms with Gasteiger partial charge < -0.3 is 9.47 Å². The highest BCUT2D eigenvalue weighted by atomic mass is 32.2. The molecule has 0 aliphatic carbocycles. The van der Waals surface area contributed by atoms with Gasteiger partial charge in [0.25, 0.3) is 0 Å². The standard InChI is InChI=1S/C20H30N2O6S/c1-7-27-18(23)14-10-12-22(19(24)28-20(4,5)6)17(14)16-15(9-8-11-21-16)29(25,26)13(2)3/h8-9,11,13-14,17H,7,10,12H2,1-6H3/t14-,17-/m1/s1. The van der Waals surface area contributed by atoms with E-state index in [2.05, 4.69) is 4.98 Å². The Bertz CT molecular complexity index is 860. The van der Waals surface area contributed by atoms with Gasteiger partial charge in [0.05, 0.1) is 34.4 Å². The molecule has 2 heterocycles. The normalized spacial score (nSPS) is 20.0. The van der Waals surface area contributed by atoms with E-state index in [4.69, 9.17) is 9.47 Å². The summed E-state index contributed by atoms with van der Waals surface area (Å²) in [6, 6.07) is 2.12. The summed E-state index contributed by atoms with van der Waals surface area (Å²) >= 11 is 0. The molecule has 2 atom stereocenters. The number of hydrogen-bond donors (Lipinski definition) is 0. The van der Waals surface area contributed by atoms with Crippen molar-refractivity contribution >= 4 is 21.9 Å². The molecule has 0 unspecified atom stereocenters. The largest absolute Gasteiger partial charge is 0.466 e. The van der Waals surface area contributed by atoms with Gasteiger partial charge in [-0.15, -0.1) is 0 Å². The molecule has 1 aliphatic heterocycles. The molecule has 1 aromatic heterocycles. The van der Waals surface area contributed by atoms with Crippen LogP contribution in [-0.4, -0.2) is 54.4 Å². The quantitative estimate of drug-likeness (QED) is 0.666. The molecule has 1 saturated heterocycles. The average Bonchev–Trinajstić information content (AvgIpc) is 3.05. The fourth-order valence-electron chi connectivity index (χ4n) is 3.27. The van der Waals surface area contributed by atoms with Gasteiger partial charge in [0, 0.05) is 12.7 Å². The van der Waals surface area contributed by atoms with Crippen LogP contribution in [0.15, 0.2) is 23.2 Å². The second-order valence-corrected chi connectivity index (χ2v) is 10.7. The Kier molecular flexibility index (Phi) is 6.93. The minimum absolute atomic E-state index is 0.0183. The zero-order valence-electron chi connectivity index (χ0n) is 17.8. The third-order valence-corrected chi connectivity index (χ3v) is 6.82. The number of carbonyl (C=O) groups excluding carboxylic acids is 2. The van der Waals surface area contributed by atoms with E-state index in [0.29, 0.717) is 6.42 Å². The maximum absolute atomic E-state index is 12.9. The lowest BCUT2D eigenvalue weighted by Gasteiger charge is -2.30. The highest BCUT2D eigenvalue weighted by molar-refractivity contribution is 7.92. The number of carbonyl (C=O) groups is 2. The lowest BCUT2D eigenvalue weighted by atomic mass is 9.97. The topological polar surface area (TPSA) is 103 Å². The molecule has 0 N–H and O–H groups in total. The molecule has 0 saturated carbocycles. The van der Waals surface area contributed by atoms with Crippen LogP contribution in [0.2, 0.25) is 0 Å². The van der Waals surface area contributed by atoms with Gasteiger partial charge in [-0.2, -0.15) is 0 Å². The summed E-state index contributed by atoms with van der Waals surface area (Å²) in [4.78, 5) is 31.1. The number of ether oxygens (including phenoxy) is 2. The van der Waals surface area contributed by atoms with E-state index in [-0.39, 0.29) is 23.7 Å². The van der Waals surface area contributed by atoms with Crippen molar-refractivity contribution in [3.63, 3.8) is 0 Å². The fraction of sp³-hybridized carbons (Fsp3) is 0.650. The number of likely N-dealkylation sites (tertiary alicyclic amines) is 1. The van der Waals surface area contributed by atoms with Gasteiger partial charge in [-0.1, -0.05) is 0 Å². The first-order valence-corrected chi connectivity index (χ1v) is 11.3. The fourth-order valence-corrected chi connectivity index (χ4v) is 4.51. The molecular weight excluding hydrogens is 396 g/mol. The van der Waals surface area contributed by atoms with Gasteiger partial charge in [-0.25, -0.2) is 13.2 Å². The molecule has 2 rings (SSSR count). The van der Waals surface area contributed by atoms with Crippen LogP contribution in [0, 0.1) is 5.92 Å². The summed E-state index contributed by atoms with van der Waals surface area (Å²) in [6.07, 6.45) is 1.18. The molecule has 1 aliphatic rings. The minimum Gasteiger partial charge on any atom is -0.466 e. The summed E-state index contributed by atoms with van der Waals surface area (Å²) in [6.45, 7) is 10.5. The lowest BCUT2D eigenvalue weighted by molar-refractivity contribution is -0.148. The van der Waals surface area contributed by atoms with E-state index in [1.807, 2.05) is 0 Å². The average molecular weight is 427 g/mol. The molecule has 0 aromatic carbocycles. The first-order chi connectivity index (χ1) is 13.4. The van der Waals surface area contributed by atoms with Crippen molar-refractivity contribution in [2.75, 3.05) is 13.2 Å². The van der Waals surface area contributed by atoms with Gasteiger partial charge in [0.2, 0.25) is 0 Å². The van der Waals surface area contributed by atoms with Gasteiger partial charge >= 0.3 is 12.1 Å². The Labute approximate surface area is 172 Å². The summed E-state index contributed by atoms with van der Waals surface area (Å²) in [7, 11) is -3.68. The summed E-state index contributed by atoms with van der Waals surface area (Å²) in [5, 5.41) is -0.678. The first-order valence-electron chi connectivity index (χ1n) is 9.75. The van der Waals surface area contributed by atoms with E-state index in [0.717, 1.165) is 0 Å². The molecule has 29 heavy (non-hydrogen) atoms. The number of rotatable bonds is 5. The van der Waals surface area contributed by atoms with Crippen molar-refractivity contribution in [1.82, 2.24) is 9.88 Å². The number of sulfone groups is 1. The number of pyridine rings is 1. The highest BCUT2D eigenvalue weighted by Gasteiger charge is 2.47. The van der Waals surface area contributed by atoms with Crippen LogP contribution in [0.25, 0.3) is 0 Å². The van der Waals surface area contributed by atoms with E-state index < -0.39 is 44.7 Å². The Morgan fingerprint density at radius 3 is 2.52 bits per heavy atom. The number of esters is 1.